The summed E-state index contributed by atoms with van der Waals surface area (Å²) in [5.74, 6) is 2.27. The van der Waals surface area contributed by atoms with Gasteiger partial charge in [-0.25, -0.2) is 0 Å². The summed E-state index contributed by atoms with van der Waals surface area (Å²) in [6.45, 7) is 1.79. The lowest BCUT2D eigenvalue weighted by molar-refractivity contribution is -0.120. The minimum atomic E-state index is -0.0185. The molecule has 8 heteroatoms. The number of anilines is 2. The number of aromatic nitrogens is 2. The highest BCUT2D eigenvalue weighted by molar-refractivity contribution is 7.13. The molecule has 0 radical (unpaired) electrons. The molecular weight excluding hydrogens is 388 g/mol. The van der Waals surface area contributed by atoms with E-state index in [0.29, 0.717) is 11.5 Å². The molecule has 0 saturated carbocycles. The predicted molar refractivity (Wildman–Crippen MR) is 111 cm³/mol. The van der Waals surface area contributed by atoms with Crippen LogP contribution >= 0.6 is 11.3 Å². The lowest BCUT2D eigenvalue weighted by Crippen LogP contribution is -2.38. The molecule has 0 unspecified atom stereocenters. The van der Waals surface area contributed by atoms with Crippen LogP contribution in [0.25, 0.3) is 10.6 Å². The SMILES string of the molecule is O=C(Nc1ccc2c(c1)OCO2)C1CCN(c2ccc(-c3cccs3)nn2)CC1. The van der Waals surface area contributed by atoms with Crippen LogP contribution in [0.1, 0.15) is 12.8 Å². The van der Waals surface area contributed by atoms with E-state index in [-0.39, 0.29) is 18.6 Å². The van der Waals surface area contributed by atoms with E-state index in [1.54, 1.807) is 17.4 Å². The Balaban J connectivity index is 1.17. The zero-order valence-corrected chi connectivity index (χ0v) is 16.5. The van der Waals surface area contributed by atoms with E-state index < -0.39 is 0 Å². The first-order valence-corrected chi connectivity index (χ1v) is 10.5. The quantitative estimate of drug-likeness (QED) is 0.708. The normalized spacial score (nSPS) is 16.1. The molecule has 0 spiro atoms. The Morgan fingerprint density at radius 3 is 2.69 bits per heavy atom. The van der Waals surface area contributed by atoms with Crippen molar-refractivity contribution in [1.29, 1.82) is 0 Å². The molecule has 0 aliphatic carbocycles. The van der Waals surface area contributed by atoms with Crippen molar-refractivity contribution in [3.8, 4) is 22.1 Å². The second-order valence-electron chi connectivity index (χ2n) is 7.07. The lowest BCUT2D eigenvalue weighted by atomic mass is 9.96. The van der Waals surface area contributed by atoms with Crippen LogP contribution in [-0.2, 0) is 4.79 Å². The van der Waals surface area contributed by atoms with Crippen molar-refractivity contribution in [1.82, 2.24) is 10.2 Å². The van der Waals surface area contributed by atoms with Crippen molar-refractivity contribution < 1.29 is 14.3 Å². The first-order valence-electron chi connectivity index (χ1n) is 9.59. The van der Waals surface area contributed by atoms with Gasteiger partial charge in [-0.05, 0) is 48.6 Å². The number of hydrogen-bond donors (Lipinski definition) is 1. The number of nitrogens with one attached hydrogen (secondary N) is 1. The van der Waals surface area contributed by atoms with Gasteiger partial charge in [0.1, 0.15) is 5.69 Å². The van der Waals surface area contributed by atoms with Gasteiger partial charge < -0.3 is 19.7 Å². The molecule has 3 aromatic rings. The summed E-state index contributed by atoms with van der Waals surface area (Å²) in [7, 11) is 0. The largest absolute Gasteiger partial charge is 0.454 e. The van der Waals surface area contributed by atoms with Gasteiger partial charge in [-0.15, -0.1) is 21.5 Å². The Morgan fingerprint density at radius 2 is 1.93 bits per heavy atom. The van der Waals surface area contributed by atoms with Gasteiger partial charge in [-0.2, -0.15) is 0 Å². The molecule has 0 bridgehead atoms. The molecular formula is C21H20N4O3S. The molecule has 4 heterocycles. The summed E-state index contributed by atoms with van der Waals surface area (Å²) in [6.07, 6.45) is 1.56. The minimum Gasteiger partial charge on any atom is -0.454 e. The second kappa shape index (κ2) is 7.71. The highest BCUT2D eigenvalue weighted by atomic mass is 32.1. The maximum atomic E-state index is 12.7. The third-order valence-corrected chi connectivity index (χ3v) is 6.15. The van der Waals surface area contributed by atoms with E-state index in [2.05, 4.69) is 20.4 Å². The van der Waals surface area contributed by atoms with Gasteiger partial charge in [0.15, 0.2) is 17.3 Å². The maximum Gasteiger partial charge on any atom is 0.231 e. The number of nitrogens with zero attached hydrogens (tertiary/aromatic N) is 3. The molecule has 1 amide bonds. The minimum absolute atomic E-state index is 0.0185. The third-order valence-electron chi connectivity index (χ3n) is 5.25. The van der Waals surface area contributed by atoms with Gasteiger partial charge >= 0.3 is 0 Å². The molecule has 2 aromatic heterocycles. The van der Waals surface area contributed by atoms with Crippen LogP contribution in [0.15, 0.2) is 47.8 Å². The van der Waals surface area contributed by atoms with E-state index in [9.17, 15) is 4.79 Å². The van der Waals surface area contributed by atoms with E-state index in [4.69, 9.17) is 9.47 Å². The maximum absolute atomic E-state index is 12.7. The summed E-state index contributed by atoms with van der Waals surface area (Å²) in [5, 5.41) is 13.8. The summed E-state index contributed by atoms with van der Waals surface area (Å²) >= 11 is 1.65. The molecule has 7 nitrogen and oxygen atoms in total. The third kappa shape index (κ3) is 3.75. The summed E-state index contributed by atoms with van der Waals surface area (Å²) < 4.78 is 10.7. The fourth-order valence-electron chi connectivity index (χ4n) is 3.64. The van der Waals surface area contributed by atoms with Gasteiger partial charge in [0.05, 0.1) is 4.88 Å². The molecule has 0 atom stereocenters. The van der Waals surface area contributed by atoms with Crippen LogP contribution in [0, 0.1) is 5.92 Å². The Bertz CT molecular complexity index is 999. The number of rotatable bonds is 4. The van der Waals surface area contributed by atoms with Gasteiger partial charge in [0, 0.05) is 30.8 Å². The Hall–Kier alpha value is -3.13. The van der Waals surface area contributed by atoms with Crippen LogP contribution < -0.4 is 19.7 Å². The topological polar surface area (TPSA) is 76.6 Å². The molecule has 1 aromatic carbocycles. The molecule has 2 aliphatic heterocycles. The number of piperidine rings is 1. The molecule has 29 heavy (non-hydrogen) atoms. The van der Waals surface area contributed by atoms with Crippen molar-refractivity contribution >= 4 is 28.7 Å². The van der Waals surface area contributed by atoms with E-state index in [0.717, 1.165) is 48.0 Å². The summed E-state index contributed by atoms with van der Waals surface area (Å²) in [4.78, 5) is 16.0. The first-order chi connectivity index (χ1) is 14.3. The molecule has 1 fully saturated rings. The smallest absolute Gasteiger partial charge is 0.231 e. The molecule has 1 N–H and O–H groups in total. The van der Waals surface area contributed by atoms with E-state index in [1.807, 2.05) is 41.8 Å². The van der Waals surface area contributed by atoms with E-state index in [1.165, 1.54) is 0 Å². The van der Waals surface area contributed by atoms with E-state index >= 15 is 0 Å². The lowest BCUT2D eigenvalue weighted by Gasteiger charge is -2.31. The zero-order valence-electron chi connectivity index (χ0n) is 15.7. The molecule has 148 valence electrons. The summed E-state index contributed by atoms with van der Waals surface area (Å²) in [5.41, 5.74) is 1.62. The van der Waals surface area contributed by atoms with Crippen LogP contribution in [0.4, 0.5) is 11.5 Å². The van der Waals surface area contributed by atoms with Crippen LogP contribution in [0.3, 0.4) is 0 Å². The van der Waals surface area contributed by atoms with Crippen molar-refractivity contribution in [3.05, 3.63) is 47.8 Å². The fraction of sp³-hybridized carbons (Fsp3) is 0.286. The number of ether oxygens (including phenoxy) is 2. The number of carbonyl (C=O) groups excluding carboxylic acids is 1. The highest BCUT2D eigenvalue weighted by Crippen LogP contribution is 2.34. The number of benzene rings is 1. The Kier molecular flexibility index (Phi) is 4.77. The van der Waals surface area contributed by atoms with Crippen molar-refractivity contribution in [2.45, 2.75) is 12.8 Å². The van der Waals surface area contributed by atoms with Gasteiger partial charge in [0.2, 0.25) is 12.7 Å². The highest BCUT2D eigenvalue weighted by Gasteiger charge is 2.26. The van der Waals surface area contributed by atoms with Gasteiger partial charge in [-0.1, -0.05) is 6.07 Å². The number of amides is 1. The van der Waals surface area contributed by atoms with Crippen LogP contribution in [0.5, 0.6) is 11.5 Å². The standard InChI is InChI=1S/C21H20N4O3S/c26-21(22-15-3-5-17-18(12-15)28-13-27-17)14-7-9-25(10-8-14)20-6-4-16(23-24-20)19-2-1-11-29-19/h1-6,11-12,14H,7-10,13H2,(H,22,26). The average molecular weight is 408 g/mol. The van der Waals surface area contributed by atoms with Gasteiger partial charge in [-0.3, -0.25) is 4.79 Å². The average Bonchev–Trinajstić information content (AvgIpc) is 3.46. The Morgan fingerprint density at radius 1 is 1.07 bits per heavy atom. The van der Waals surface area contributed by atoms with Crippen molar-refractivity contribution in [2.24, 2.45) is 5.92 Å². The fourth-order valence-corrected chi connectivity index (χ4v) is 4.33. The van der Waals surface area contributed by atoms with Crippen LogP contribution in [0.2, 0.25) is 0 Å². The summed E-state index contributed by atoms with van der Waals surface area (Å²) in [6, 6.07) is 13.5. The number of thiophene rings is 1. The number of carbonyl (C=O) groups is 1. The number of fused-ring (bicyclic) bond motifs is 1. The Labute approximate surface area is 172 Å². The van der Waals surface area contributed by atoms with Crippen molar-refractivity contribution in [3.63, 3.8) is 0 Å². The zero-order chi connectivity index (χ0) is 19.6. The van der Waals surface area contributed by atoms with Crippen molar-refractivity contribution in [2.75, 3.05) is 30.1 Å². The molecule has 2 aliphatic rings. The molecule has 5 rings (SSSR count). The monoisotopic (exact) mass is 408 g/mol. The van der Waals surface area contributed by atoms with Gasteiger partial charge in [0.25, 0.3) is 0 Å². The number of hydrogen-bond acceptors (Lipinski definition) is 7. The first kappa shape index (κ1) is 17.9. The van der Waals surface area contributed by atoms with Crippen LogP contribution in [-0.4, -0.2) is 36.0 Å². The second-order valence-corrected chi connectivity index (χ2v) is 8.02. The molecule has 1 saturated heterocycles. The predicted octanol–water partition coefficient (Wildman–Crippen LogP) is 3.79.